The van der Waals surface area contributed by atoms with E-state index in [1.165, 1.54) is 45.2 Å². The highest BCUT2D eigenvalue weighted by molar-refractivity contribution is 5.78. The van der Waals surface area contributed by atoms with Crippen molar-refractivity contribution in [2.24, 2.45) is 5.41 Å². The molecule has 2 rings (SSSR count). The SMILES string of the molecule is COCCN(C)CC(=O)N1CCC2(CCCN(C)CC2)CC1. The predicted molar refractivity (Wildman–Crippen MR) is 89.0 cm³/mol. The summed E-state index contributed by atoms with van der Waals surface area (Å²) in [4.78, 5) is 19.0. The topological polar surface area (TPSA) is 36.0 Å². The molecule has 2 aliphatic rings. The lowest BCUT2D eigenvalue weighted by Gasteiger charge is -2.42. The van der Waals surface area contributed by atoms with E-state index in [1.807, 2.05) is 7.05 Å². The van der Waals surface area contributed by atoms with Gasteiger partial charge in [-0.1, -0.05) is 0 Å². The van der Waals surface area contributed by atoms with Gasteiger partial charge in [-0.05, 0) is 64.7 Å². The van der Waals surface area contributed by atoms with Crippen LogP contribution in [-0.4, -0.2) is 87.7 Å². The van der Waals surface area contributed by atoms with Crippen molar-refractivity contribution >= 4 is 5.91 Å². The number of nitrogens with zero attached hydrogens (tertiary/aromatic N) is 3. The maximum Gasteiger partial charge on any atom is 0.236 e. The molecular weight excluding hydrogens is 278 g/mol. The van der Waals surface area contributed by atoms with Crippen LogP contribution in [0.25, 0.3) is 0 Å². The zero-order chi connectivity index (χ0) is 16.0. The van der Waals surface area contributed by atoms with Crippen LogP contribution < -0.4 is 0 Å². The van der Waals surface area contributed by atoms with Crippen LogP contribution in [0.1, 0.15) is 32.1 Å². The number of likely N-dealkylation sites (tertiary alicyclic amines) is 2. The summed E-state index contributed by atoms with van der Waals surface area (Å²) >= 11 is 0. The number of piperidine rings is 1. The minimum atomic E-state index is 0.277. The van der Waals surface area contributed by atoms with Gasteiger partial charge in [0.1, 0.15) is 0 Å². The molecule has 0 bridgehead atoms. The van der Waals surface area contributed by atoms with E-state index in [4.69, 9.17) is 4.74 Å². The van der Waals surface area contributed by atoms with Crippen molar-refractivity contribution < 1.29 is 9.53 Å². The zero-order valence-electron chi connectivity index (χ0n) is 14.6. The van der Waals surface area contributed by atoms with Gasteiger partial charge in [0.2, 0.25) is 5.91 Å². The maximum atomic E-state index is 12.4. The lowest BCUT2D eigenvalue weighted by molar-refractivity contribution is -0.134. The Labute approximate surface area is 135 Å². The van der Waals surface area contributed by atoms with E-state index in [2.05, 4.69) is 21.7 Å². The summed E-state index contributed by atoms with van der Waals surface area (Å²) in [7, 11) is 5.92. The van der Waals surface area contributed by atoms with Crippen LogP contribution in [0.4, 0.5) is 0 Å². The van der Waals surface area contributed by atoms with E-state index in [0.717, 1.165) is 19.6 Å². The molecule has 0 saturated carbocycles. The number of rotatable bonds is 5. The van der Waals surface area contributed by atoms with Crippen LogP contribution in [0.2, 0.25) is 0 Å². The van der Waals surface area contributed by atoms with Gasteiger partial charge in [0.15, 0.2) is 0 Å². The first kappa shape index (κ1) is 17.7. The molecule has 0 aromatic heterocycles. The van der Waals surface area contributed by atoms with Crippen molar-refractivity contribution in [3.8, 4) is 0 Å². The molecule has 0 N–H and O–H groups in total. The molecule has 1 spiro atoms. The van der Waals surface area contributed by atoms with Gasteiger partial charge >= 0.3 is 0 Å². The molecule has 2 fully saturated rings. The van der Waals surface area contributed by atoms with Gasteiger partial charge in [-0.15, -0.1) is 0 Å². The first-order chi connectivity index (χ1) is 10.5. The van der Waals surface area contributed by atoms with Gasteiger partial charge in [0.05, 0.1) is 13.2 Å². The minimum absolute atomic E-state index is 0.277. The first-order valence-corrected chi connectivity index (χ1v) is 8.68. The van der Waals surface area contributed by atoms with E-state index in [9.17, 15) is 4.79 Å². The number of methoxy groups -OCH3 is 1. The summed E-state index contributed by atoms with van der Waals surface area (Å²) < 4.78 is 5.06. The maximum absolute atomic E-state index is 12.4. The molecule has 0 atom stereocenters. The normalized spacial score (nSPS) is 23.0. The van der Waals surface area contributed by atoms with Crippen molar-refractivity contribution in [2.75, 3.05) is 67.1 Å². The monoisotopic (exact) mass is 311 g/mol. The summed E-state index contributed by atoms with van der Waals surface area (Å²) in [5.41, 5.74) is 0.503. The van der Waals surface area contributed by atoms with Gasteiger partial charge < -0.3 is 14.5 Å². The third kappa shape index (κ3) is 4.93. The summed E-state index contributed by atoms with van der Waals surface area (Å²) in [6.45, 7) is 6.34. The van der Waals surface area contributed by atoms with Crippen LogP contribution in [0.5, 0.6) is 0 Å². The Hall–Kier alpha value is -0.650. The zero-order valence-corrected chi connectivity index (χ0v) is 14.6. The van der Waals surface area contributed by atoms with Crippen LogP contribution >= 0.6 is 0 Å². The Kier molecular flexibility index (Phi) is 6.66. The van der Waals surface area contributed by atoms with Crippen molar-refractivity contribution in [2.45, 2.75) is 32.1 Å². The lowest BCUT2D eigenvalue weighted by Crippen LogP contribution is -2.47. The second-order valence-corrected chi connectivity index (χ2v) is 7.27. The number of carbonyl (C=O) groups excluding carboxylic acids is 1. The largest absolute Gasteiger partial charge is 0.383 e. The highest BCUT2D eigenvalue weighted by Gasteiger charge is 2.36. The van der Waals surface area contributed by atoms with Crippen molar-refractivity contribution in [1.82, 2.24) is 14.7 Å². The fraction of sp³-hybridized carbons (Fsp3) is 0.941. The summed E-state index contributed by atoms with van der Waals surface area (Å²) in [5, 5.41) is 0. The first-order valence-electron chi connectivity index (χ1n) is 8.68. The molecule has 0 aromatic carbocycles. The number of hydrogen-bond donors (Lipinski definition) is 0. The molecule has 2 saturated heterocycles. The fourth-order valence-corrected chi connectivity index (χ4v) is 3.78. The van der Waals surface area contributed by atoms with E-state index in [1.54, 1.807) is 7.11 Å². The number of hydrogen-bond acceptors (Lipinski definition) is 4. The number of likely N-dealkylation sites (N-methyl/N-ethyl adjacent to an activating group) is 1. The van der Waals surface area contributed by atoms with Gasteiger partial charge in [0, 0.05) is 26.7 Å². The number of carbonyl (C=O) groups is 1. The molecule has 0 aliphatic carbocycles. The van der Waals surface area contributed by atoms with E-state index < -0.39 is 0 Å². The van der Waals surface area contributed by atoms with Gasteiger partial charge in [-0.3, -0.25) is 9.69 Å². The molecular formula is C17H33N3O2. The molecule has 1 amide bonds. The van der Waals surface area contributed by atoms with Crippen molar-refractivity contribution in [3.63, 3.8) is 0 Å². The fourth-order valence-electron chi connectivity index (χ4n) is 3.78. The molecule has 0 unspecified atom stereocenters. The Morgan fingerprint density at radius 2 is 1.82 bits per heavy atom. The molecule has 128 valence electrons. The highest BCUT2D eigenvalue weighted by atomic mass is 16.5. The van der Waals surface area contributed by atoms with Crippen molar-refractivity contribution in [3.05, 3.63) is 0 Å². The van der Waals surface area contributed by atoms with E-state index in [-0.39, 0.29) is 5.91 Å². The van der Waals surface area contributed by atoms with Crippen LogP contribution in [0.15, 0.2) is 0 Å². The van der Waals surface area contributed by atoms with Crippen LogP contribution in [0.3, 0.4) is 0 Å². The molecule has 2 heterocycles. The molecule has 0 radical (unpaired) electrons. The Morgan fingerprint density at radius 1 is 1.14 bits per heavy atom. The molecule has 22 heavy (non-hydrogen) atoms. The molecule has 2 aliphatic heterocycles. The van der Waals surface area contributed by atoms with E-state index in [0.29, 0.717) is 18.6 Å². The Bertz CT molecular complexity index is 354. The average molecular weight is 311 g/mol. The predicted octanol–water partition coefficient (Wildman–Crippen LogP) is 1.29. The number of ether oxygens (including phenoxy) is 1. The van der Waals surface area contributed by atoms with Gasteiger partial charge in [0.25, 0.3) is 0 Å². The minimum Gasteiger partial charge on any atom is -0.383 e. The van der Waals surface area contributed by atoms with Gasteiger partial charge in [-0.25, -0.2) is 0 Å². The summed E-state index contributed by atoms with van der Waals surface area (Å²) in [6, 6.07) is 0. The van der Waals surface area contributed by atoms with Crippen molar-refractivity contribution in [1.29, 1.82) is 0 Å². The quantitative estimate of drug-likeness (QED) is 0.766. The third-order valence-corrected chi connectivity index (χ3v) is 5.53. The third-order valence-electron chi connectivity index (χ3n) is 5.53. The number of amides is 1. The molecule has 5 nitrogen and oxygen atoms in total. The molecule has 5 heteroatoms. The smallest absolute Gasteiger partial charge is 0.236 e. The summed E-state index contributed by atoms with van der Waals surface area (Å²) in [5.74, 6) is 0.277. The average Bonchev–Trinajstić information content (AvgIpc) is 2.68. The Balaban J connectivity index is 1.77. The molecule has 0 aromatic rings. The second kappa shape index (κ2) is 8.27. The summed E-state index contributed by atoms with van der Waals surface area (Å²) in [6.07, 6.45) is 6.33. The Morgan fingerprint density at radius 3 is 2.50 bits per heavy atom. The van der Waals surface area contributed by atoms with Crippen LogP contribution in [-0.2, 0) is 9.53 Å². The second-order valence-electron chi connectivity index (χ2n) is 7.27. The van der Waals surface area contributed by atoms with Crippen LogP contribution in [0, 0.1) is 5.41 Å². The van der Waals surface area contributed by atoms with E-state index >= 15 is 0 Å². The lowest BCUT2D eigenvalue weighted by atomic mass is 9.73. The van der Waals surface area contributed by atoms with Gasteiger partial charge in [-0.2, -0.15) is 0 Å². The highest BCUT2D eigenvalue weighted by Crippen LogP contribution is 2.41. The standard InChI is InChI=1S/C17H33N3O2/c1-18-9-4-5-17(6-10-18)7-11-20(12-8-17)16(21)15-19(2)13-14-22-3/h4-15H2,1-3H3.